The van der Waals surface area contributed by atoms with Gasteiger partial charge in [0.2, 0.25) is 0 Å². The number of carbonyl (C=O) groups excluding carboxylic acids is 11. The molecule has 0 aromatic heterocycles. The molecule has 4 atom stereocenters. The Hall–Kier alpha value is -9.81. The third kappa shape index (κ3) is 35.9. The zero-order chi connectivity index (χ0) is 114. The van der Waals surface area contributed by atoms with Crippen LogP contribution in [0.2, 0.25) is 0 Å². The van der Waals surface area contributed by atoms with Crippen LogP contribution in [-0.2, 0) is 129 Å². The van der Waals surface area contributed by atoms with Crippen molar-refractivity contribution in [1.82, 2.24) is 19.6 Å². The summed E-state index contributed by atoms with van der Waals surface area (Å²) < 4.78 is 110. The van der Waals surface area contributed by atoms with Gasteiger partial charge in [0, 0.05) is 25.3 Å². The lowest BCUT2D eigenvalue weighted by molar-refractivity contribution is -0.149. The third-order valence-corrected chi connectivity index (χ3v) is 25.5. The van der Waals surface area contributed by atoms with Crippen molar-refractivity contribution < 1.29 is 142 Å². The summed E-state index contributed by atoms with van der Waals surface area (Å²) in [5, 5.41) is 0. The number of aryl methyl sites for hydroxylation is 6. The molecule has 4 saturated heterocycles. The molecule has 4 aliphatic heterocycles. The minimum Gasteiger partial charge on any atom is -0.467 e. The molecule has 4 fully saturated rings. The highest BCUT2D eigenvalue weighted by molar-refractivity contribution is 6.64. The number of hydrogen-bond acceptors (Lipinski definition) is 30. The van der Waals surface area contributed by atoms with E-state index in [0.29, 0.717) is 49.3 Å². The second-order valence-electron chi connectivity index (χ2n) is 50.4. The van der Waals surface area contributed by atoms with E-state index >= 15 is 0 Å². The monoisotopic (exact) mass is 2080 g/mol. The minimum absolute atomic E-state index is 0.0577. The molecule has 826 valence electrons. The third-order valence-electron chi connectivity index (χ3n) is 25.5. The van der Waals surface area contributed by atoms with Crippen LogP contribution in [0.15, 0.2) is 60.7 Å². The predicted octanol–water partition coefficient (Wildman–Crippen LogP) is 20.1. The number of hydrogen-bond donors (Lipinski definition) is 0. The highest BCUT2D eigenvalue weighted by Crippen LogP contribution is 2.43. The van der Waals surface area contributed by atoms with E-state index in [9.17, 15) is 52.7 Å². The van der Waals surface area contributed by atoms with Crippen molar-refractivity contribution >= 4 is 117 Å². The Morgan fingerprint density at radius 1 is 0.270 bits per heavy atom. The van der Waals surface area contributed by atoms with Gasteiger partial charge in [-0.25, -0.2) is 57.6 Å². The van der Waals surface area contributed by atoms with Crippen LogP contribution in [-0.4, -0.2) is 249 Å². The normalized spacial score (nSPS) is 17.7. The Kier molecular flexibility index (Phi) is 41.4. The molecule has 0 aliphatic carbocycles. The van der Waals surface area contributed by atoms with Crippen molar-refractivity contribution in [3.63, 3.8) is 0 Å². The standard InChI is InChI=1S/C29H46BNO8.C28H44BNO8.C27H42BNO8.C26H42BNO6/c1-14-35-23(32)22(31(24(33)36-26(4,5)6)25(34)37-27(7,8)9)17-20-15-18(2)19(3)16-21(20)30-38-28(10,11)29(12,13)39-30;1-17-14-19(20(15-18(17)2)29-37-27(9,10)28(11,12)38-29)16-21(22(31)34-13)30(23(32)35-25(3,4)5)24(33)36-26(6,7)8;1-17-13-14-19(28-36-26(8,9)27(10,11)37-28)18(15-17)16-20(21(30)33-12)29(22(31)34-24(2,3)4)23(32)35-25(5,6)7;1-17-13-14-20(27-33-25(9,10)26(11,12)34-27)19(15-17)16-18(2)28(21(29)31-23(3,4)5)22(30)32-24(6,7)8/h15-16,22H,14,17H2,1-13H3;14-15,21H,16H2,1-13H3;13-15,20H,16H2,1-12H3;13-15,18H,16H2,1-12H3/t22-;21-;20-;18-/m0001/s1. The summed E-state index contributed by atoms with van der Waals surface area (Å²) in [7, 11) is -0.302. The summed E-state index contributed by atoms with van der Waals surface area (Å²) in [5.41, 5.74) is 0.282. The maximum atomic E-state index is 13.4. The summed E-state index contributed by atoms with van der Waals surface area (Å²) in [4.78, 5) is 149. The zero-order valence-electron chi connectivity index (χ0n) is 98.5. The smallest absolute Gasteiger partial charge is 0.467 e. The Bertz CT molecular complexity index is 5220. The molecule has 38 heteroatoms. The van der Waals surface area contributed by atoms with Gasteiger partial charge < -0.3 is 89.3 Å². The van der Waals surface area contributed by atoms with Crippen molar-refractivity contribution in [2.75, 3.05) is 20.8 Å². The predicted molar refractivity (Wildman–Crippen MR) is 571 cm³/mol. The number of imide groups is 4. The maximum absolute atomic E-state index is 13.4. The van der Waals surface area contributed by atoms with E-state index < -0.39 is 209 Å². The molecule has 0 N–H and O–H groups in total. The van der Waals surface area contributed by atoms with E-state index in [1.54, 1.807) is 173 Å². The average Bonchev–Trinajstić information content (AvgIpc) is 1.61. The van der Waals surface area contributed by atoms with Gasteiger partial charge in [-0.1, -0.05) is 71.8 Å². The number of nitrogens with zero attached hydrogens (tertiary/aromatic N) is 4. The van der Waals surface area contributed by atoms with Gasteiger partial charge in [-0.05, 0) is 405 Å². The molecular formula is C110H174B4N4O30. The molecule has 0 spiro atoms. The van der Waals surface area contributed by atoms with Gasteiger partial charge in [-0.3, -0.25) is 0 Å². The highest BCUT2D eigenvalue weighted by Gasteiger charge is 2.58. The number of ether oxygens (including phenoxy) is 11. The Morgan fingerprint density at radius 2 is 0.453 bits per heavy atom. The molecule has 0 bridgehead atoms. The summed E-state index contributed by atoms with van der Waals surface area (Å²) >= 11 is 0. The zero-order valence-corrected chi connectivity index (χ0v) is 98.5. The van der Waals surface area contributed by atoms with E-state index in [4.69, 9.17) is 89.3 Å². The van der Waals surface area contributed by atoms with Gasteiger partial charge in [-0.2, -0.15) is 14.7 Å². The lowest BCUT2D eigenvalue weighted by Gasteiger charge is -2.33. The van der Waals surface area contributed by atoms with Crippen LogP contribution in [0.4, 0.5) is 38.4 Å². The lowest BCUT2D eigenvalue weighted by atomic mass is 9.73. The molecule has 4 aromatic rings. The van der Waals surface area contributed by atoms with Crippen LogP contribution in [0.3, 0.4) is 0 Å². The maximum Gasteiger partial charge on any atom is 0.495 e. The Morgan fingerprint density at radius 3 is 0.655 bits per heavy atom. The number of esters is 3. The number of rotatable bonds is 20. The van der Waals surface area contributed by atoms with Gasteiger partial charge in [0.1, 0.15) is 62.9 Å². The molecule has 8 rings (SSSR count). The summed E-state index contributed by atoms with van der Waals surface area (Å²) in [6.07, 6.45) is -7.32. The van der Waals surface area contributed by atoms with Crippen LogP contribution >= 0.6 is 0 Å². The van der Waals surface area contributed by atoms with Gasteiger partial charge in [-0.15, -0.1) is 0 Å². The molecule has 4 heterocycles. The van der Waals surface area contributed by atoms with E-state index in [2.05, 4.69) is 0 Å². The molecule has 34 nitrogen and oxygen atoms in total. The first kappa shape index (κ1) is 129. The van der Waals surface area contributed by atoms with Gasteiger partial charge in [0.25, 0.3) is 0 Å². The van der Waals surface area contributed by atoms with Gasteiger partial charge in [0.15, 0.2) is 0 Å². The number of benzene rings is 4. The van der Waals surface area contributed by atoms with Crippen molar-refractivity contribution in [3.05, 3.63) is 116 Å². The first-order valence-electron chi connectivity index (χ1n) is 50.7. The van der Waals surface area contributed by atoms with E-state index in [1.165, 1.54) is 14.2 Å². The molecule has 0 radical (unpaired) electrons. The SMILES string of the molecule is CCOC(=O)[C@H](Cc1cc(C)c(C)cc1B1OC(C)(C)C(C)(C)O1)N(C(=O)OC(C)(C)C)C(=O)OC(C)(C)C.COC(=O)[C@H](Cc1cc(C)c(C)cc1B1OC(C)(C)C(C)(C)O1)N(C(=O)OC(C)(C)C)C(=O)OC(C)(C)C.COC(=O)[C@H](Cc1cc(C)ccc1B1OC(C)(C)C(C)(C)O1)N(C(=O)OC(C)(C)C)C(=O)OC(C)(C)C.Cc1ccc(B2OC(C)(C)C(C)(C)O2)c(C[C@@H](C)N(C(=O)OC(C)(C)C)C(=O)OC(C)(C)C)c1. The van der Waals surface area contributed by atoms with Crippen molar-refractivity contribution in [2.24, 2.45) is 0 Å². The fourth-order valence-corrected chi connectivity index (χ4v) is 15.0. The van der Waals surface area contributed by atoms with Gasteiger partial charge in [0.05, 0.1) is 65.6 Å². The van der Waals surface area contributed by atoms with Crippen LogP contribution in [0.5, 0.6) is 0 Å². The molecule has 4 aliphatic rings. The number of methoxy groups -OCH3 is 2. The van der Waals surface area contributed by atoms with Crippen molar-refractivity contribution in [3.8, 4) is 0 Å². The number of amides is 8. The van der Waals surface area contributed by atoms with Crippen molar-refractivity contribution in [1.29, 1.82) is 0 Å². The molecule has 4 aromatic carbocycles. The Labute approximate surface area is 883 Å². The van der Waals surface area contributed by atoms with E-state index in [-0.39, 0.29) is 25.9 Å². The second-order valence-corrected chi connectivity index (χ2v) is 50.4. The van der Waals surface area contributed by atoms with E-state index in [1.807, 2.05) is 220 Å². The molecule has 8 amide bonds. The fraction of sp³-hybridized carbons (Fsp3) is 0.682. The average molecular weight is 2080 g/mol. The number of carbonyl (C=O) groups is 11. The lowest BCUT2D eigenvalue weighted by Crippen LogP contribution is -2.54. The summed E-state index contributed by atoms with van der Waals surface area (Å²) in [6.45, 7) is 87.5. The first-order chi connectivity index (χ1) is 66.6. The minimum atomic E-state index is -1.37. The van der Waals surface area contributed by atoms with E-state index in [0.717, 1.165) is 54.2 Å². The molecule has 0 unspecified atom stereocenters. The molecular weight excluding hydrogens is 1900 g/mol. The summed E-state index contributed by atoms with van der Waals surface area (Å²) in [5.74, 6) is -2.34. The van der Waals surface area contributed by atoms with Crippen LogP contribution in [0.1, 0.15) is 346 Å². The summed E-state index contributed by atoms with van der Waals surface area (Å²) in [6, 6.07) is 14.8. The topological polar surface area (TPSA) is 376 Å². The first-order valence-corrected chi connectivity index (χ1v) is 50.7. The Balaban J connectivity index is 0.000000347. The van der Waals surface area contributed by atoms with Crippen molar-refractivity contribution in [2.45, 2.75) is 472 Å². The second kappa shape index (κ2) is 47.6. The molecule has 148 heavy (non-hydrogen) atoms. The van der Waals surface area contributed by atoms with Crippen LogP contribution in [0.25, 0.3) is 0 Å². The van der Waals surface area contributed by atoms with Crippen LogP contribution < -0.4 is 21.9 Å². The van der Waals surface area contributed by atoms with Gasteiger partial charge >= 0.3 is 95.1 Å². The van der Waals surface area contributed by atoms with Crippen LogP contribution in [0, 0.1) is 41.5 Å². The molecule has 0 saturated carbocycles. The quantitative estimate of drug-likeness (QED) is 0.0450. The highest BCUT2D eigenvalue weighted by atomic mass is 16.7. The fourth-order valence-electron chi connectivity index (χ4n) is 15.0. The largest absolute Gasteiger partial charge is 0.495 e.